The summed E-state index contributed by atoms with van der Waals surface area (Å²) < 4.78 is 9.83. The van der Waals surface area contributed by atoms with Crippen LogP contribution >= 0.6 is 12.4 Å². The number of hydrogen-bond acceptors (Lipinski definition) is 5. The molecule has 0 unspecified atom stereocenters. The molecule has 0 aliphatic carbocycles. The zero-order chi connectivity index (χ0) is 15.5. The largest absolute Gasteiger partial charge is 0.421 e. The van der Waals surface area contributed by atoms with Gasteiger partial charge in [0, 0.05) is 12.2 Å². The molecule has 0 saturated carbocycles. The van der Waals surface area contributed by atoms with E-state index in [9.17, 15) is 9.59 Å². The standard InChI is InChI=1S/C16H19NO4.ClH/c1-3-14(18)20-16(21-15(19)4-2)12-17-11-10-13-8-6-5-7-9-13;/h3-9,16-17H,1-2,10-12H2;1H. The van der Waals surface area contributed by atoms with E-state index >= 15 is 0 Å². The number of rotatable bonds is 9. The number of carbonyl (C=O) groups excluding carboxylic acids is 2. The van der Waals surface area contributed by atoms with Gasteiger partial charge in [-0.25, -0.2) is 9.59 Å². The second-order valence-electron chi connectivity index (χ2n) is 4.15. The highest BCUT2D eigenvalue weighted by atomic mass is 35.5. The van der Waals surface area contributed by atoms with Gasteiger partial charge >= 0.3 is 11.9 Å². The summed E-state index contributed by atoms with van der Waals surface area (Å²) >= 11 is 0. The van der Waals surface area contributed by atoms with E-state index in [1.807, 2.05) is 30.3 Å². The Balaban J connectivity index is 0.00000441. The number of carbonyl (C=O) groups is 2. The highest BCUT2D eigenvalue weighted by molar-refractivity contribution is 5.85. The summed E-state index contributed by atoms with van der Waals surface area (Å²) in [6.45, 7) is 7.45. The molecule has 5 nitrogen and oxygen atoms in total. The number of ether oxygens (including phenoxy) is 2. The van der Waals surface area contributed by atoms with Crippen molar-refractivity contribution < 1.29 is 19.1 Å². The van der Waals surface area contributed by atoms with Crippen molar-refractivity contribution in [2.24, 2.45) is 0 Å². The highest BCUT2D eigenvalue weighted by Crippen LogP contribution is 2.00. The number of nitrogens with one attached hydrogen (secondary N) is 1. The number of hydrogen-bond donors (Lipinski definition) is 1. The average molecular weight is 326 g/mol. The van der Waals surface area contributed by atoms with E-state index in [1.54, 1.807) is 0 Å². The van der Waals surface area contributed by atoms with Gasteiger partial charge in [-0.1, -0.05) is 43.5 Å². The lowest BCUT2D eigenvalue weighted by molar-refractivity contribution is -0.179. The lowest BCUT2D eigenvalue weighted by Crippen LogP contribution is -2.35. The monoisotopic (exact) mass is 325 g/mol. The lowest BCUT2D eigenvalue weighted by Gasteiger charge is -2.17. The molecule has 0 bridgehead atoms. The first kappa shape index (κ1) is 19.9. The van der Waals surface area contributed by atoms with Crippen LogP contribution in [0, 0.1) is 0 Å². The molecular formula is C16H20ClNO4. The van der Waals surface area contributed by atoms with Crippen molar-refractivity contribution in [2.45, 2.75) is 12.7 Å². The summed E-state index contributed by atoms with van der Waals surface area (Å²) in [6.07, 6.45) is 1.84. The smallest absolute Gasteiger partial charge is 0.333 e. The van der Waals surface area contributed by atoms with Crippen molar-refractivity contribution in [3.63, 3.8) is 0 Å². The van der Waals surface area contributed by atoms with Gasteiger partial charge in [0.25, 0.3) is 6.29 Å². The van der Waals surface area contributed by atoms with E-state index in [4.69, 9.17) is 9.47 Å². The van der Waals surface area contributed by atoms with Gasteiger partial charge in [0.1, 0.15) is 0 Å². The van der Waals surface area contributed by atoms with Crippen LogP contribution in [0.4, 0.5) is 0 Å². The van der Waals surface area contributed by atoms with Gasteiger partial charge in [-0.05, 0) is 18.5 Å². The Hall–Kier alpha value is -2.11. The van der Waals surface area contributed by atoms with Crippen molar-refractivity contribution in [1.82, 2.24) is 5.32 Å². The zero-order valence-electron chi connectivity index (χ0n) is 12.2. The molecule has 0 fully saturated rings. The summed E-state index contributed by atoms with van der Waals surface area (Å²) in [5, 5.41) is 3.07. The second kappa shape index (κ2) is 11.5. The molecule has 1 N–H and O–H groups in total. The van der Waals surface area contributed by atoms with Crippen LogP contribution in [0.25, 0.3) is 0 Å². The van der Waals surface area contributed by atoms with Crippen LogP contribution in [-0.2, 0) is 25.5 Å². The molecule has 0 aliphatic heterocycles. The van der Waals surface area contributed by atoms with Crippen molar-refractivity contribution >= 4 is 24.3 Å². The Morgan fingerprint density at radius 1 is 1.09 bits per heavy atom. The van der Waals surface area contributed by atoms with Gasteiger partial charge in [-0.15, -0.1) is 12.4 Å². The maximum absolute atomic E-state index is 11.2. The van der Waals surface area contributed by atoms with Crippen molar-refractivity contribution in [2.75, 3.05) is 13.1 Å². The molecule has 0 heterocycles. The summed E-state index contributed by atoms with van der Waals surface area (Å²) in [7, 11) is 0. The Bertz CT molecular complexity index is 468. The highest BCUT2D eigenvalue weighted by Gasteiger charge is 2.15. The van der Waals surface area contributed by atoms with E-state index in [2.05, 4.69) is 18.5 Å². The third-order valence-corrected chi connectivity index (χ3v) is 2.57. The van der Waals surface area contributed by atoms with E-state index in [0.29, 0.717) is 6.54 Å². The van der Waals surface area contributed by atoms with Crippen LogP contribution in [0.2, 0.25) is 0 Å². The first-order valence-corrected chi connectivity index (χ1v) is 6.56. The Morgan fingerprint density at radius 3 is 2.14 bits per heavy atom. The van der Waals surface area contributed by atoms with Gasteiger partial charge in [0.05, 0.1) is 6.54 Å². The predicted octanol–water partition coefficient (Wildman–Crippen LogP) is 2.02. The number of halogens is 1. The van der Waals surface area contributed by atoms with Crippen LogP contribution in [0.3, 0.4) is 0 Å². The van der Waals surface area contributed by atoms with Gasteiger partial charge in [-0.2, -0.15) is 0 Å². The van der Waals surface area contributed by atoms with E-state index in [-0.39, 0.29) is 19.0 Å². The summed E-state index contributed by atoms with van der Waals surface area (Å²) in [4.78, 5) is 22.3. The van der Waals surface area contributed by atoms with Gasteiger partial charge < -0.3 is 14.8 Å². The summed E-state index contributed by atoms with van der Waals surface area (Å²) in [6, 6.07) is 9.94. The first-order valence-electron chi connectivity index (χ1n) is 6.56. The maximum atomic E-state index is 11.2. The Morgan fingerprint density at radius 2 is 1.64 bits per heavy atom. The normalized spacial score (nSPS) is 9.50. The molecular weight excluding hydrogens is 306 g/mol. The van der Waals surface area contributed by atoms with E-state index < -0.39 is 18.2 Å². The Labute approximate surface area is 136 Å². The summed E-state index contributed by atoms with van der Waals surface area (Å²) in [5.74, 6) is -1.30. The Kier molecular flexibility index (Phi) is 10.4. The molecule has 22 heavy (non-hydrogen) atoms. The van der Waals surface area contributed by atoms with Crippen LogP contribution in [-0.4, -0.2) is 31.3 Å². The molecule has 0 aliphatic rings. The number of benzene rings is 1. The molecule has 0 saturated heterocycles. The van der Waals surface area contributed by atoms with Crippen molar-refractivity contribution in [3.8, 4) is 0 Å². The van der Waals surface area contributed by atoms with Crippen LogP contribution in [0.5, 0.6) is 0 Å². The summed E-state index contributed by atoms with van der Waals surface area (Å²) in [5.41, 5.74) is 1.19. The predicted molar refractivity (Wildman–Crippen MR) is 86.6 cm³/mol. The fourth-order valence-electron chi connectivity index (χ4n) is 1.56. The van der Waals surface area contributed by atoms with Crippen LogP contribution < -0.4 is 5.32 Å². The molecule has 6 heteroatoms. The molecule has 0 aromatic heterocycles. The second-order valence-corrected chi connectivity index (χ2v) is 4.15. The molecule has 0 atom stereocenters. The van der Waals surface area contributed by atoms with Gasteiger partial charge in [0.15, 0.2) is 0 Å². The molecule has 1 aromatic rings. The minimum absolute atomic E-state index is 0. The number of esters is 2. The minimum Gasteiger partial charge on any atom is -0.421 e. The fraction of sp³-hybridized carbons (Fsp3) is 0.250. The van der Waals surface area contributed by atoms with Crippen molar-refractivity contribution in [1.29, 1.82) is 0 Å². The topological polar surface area (TPSA) is 64.6 Å². The van der Waals surface area contributed by atoms with Crippen LogP contribution in [0.15, 0.2) is 55.6 Å². The third-order valence-electron chi connectivity index (χ3n) is 2.57. The van der Waals surface area contributed by atoms with Gasteiger partial charge in [0.2, 0.25) is 0 Å². The molecule has 120 valence electrons. The zero-order valence-corrected chi connectivity index (χ0v) is 13.0. The SMILES string of the molecule is C=CC(=O)OC(CNCCc1ccccc1)OC(=O)C=C.Cl. The van der Waals surface area contributed by atoms with Crippen LogP contribution in [0.1, 0.15) is 5.56 Å². The van der Waals surface area contributed by atoms with Gasteiger partial charge in [-0.3, -0.25) is 0 Å². The fourth-order valence-corrected chi connectivity index (χ4v) is 1.56. The van der Waals surface area contributed by atoms with E-state index in [1.165, 1.54) is 5.56 Å². The lowest BCUT2D eigenvalue weighted by atomic mass is 10.1. The molecule has 1 rings (SSSR count). The quantitative estimate of drug-likeness (QED) is 0.326. The average Bonchev–Trinajstić information content (AvgIpc) is 2.52. The first-order chi connectivity index (χ1) is 10.2. The van der Waals surface area contributed by atoms with E-state index in [0.717, 1.165) is 18.6 Å². The molecule has 1 aromatic carbocycles. The maximum Gasteiger partial charge on any atom is 0.333 e. The van der Waals surface area contributed by atoms with Crippen molar-refractivity contribution in [3.05, 3.63) is 61.2 Å². The third kappa shape index (κ3) is 8.24. The minimum atomic E-state index is -1.00. The molecule has 0 spiro atoms. The molecule has 0 radical (unpaired) electrons. The molecule has 0 amide bonds.